The summed E-state index contributed by atoms with van der Waals surface area (Å²) >= 11 is 1.89. The van der Waals surface area contributed by atoms with Gasteiger partial charge in [0, 0.05) is 22.5 Å². The van der Waals surface area contributed by atoms with Crippen LogP contribution in [0.15, 0.2) is 46.9 Å². The first-order valence-corrected chi connectivity index (χ1v) is 7.71. The zero-order valence-electron chi connectivity index (χ0n) is 11.4. The molecule has 5 nitrogen and oxygen atoms in total. The fraction of sp³-hybridized carbons (Fsp3) is 0.286. The Labute approximate surface area is 121 Å². The zero-order valence-corrected chi connectivity index (χ0v) is 12.2. The van der Waals surface area contributed by atoms with Gasteiger partial charge >= 0.3 is 0 Å². The Morgan fingerprint density at radius 1 is 1.35 bits per heavy atom. The van der Waals surface area contributed by atoms with Crippen LogP contribution >= 0.6 is 11.8 Å². The molecule has 1 aliphatic heterocycles. The Morgan fingerprint density at radius 3 is 3.10 bits per heavy atom. The van der Waals surface area contributed by atoms with Gasteiger partial charge in [0.1, 0.15) is 6.33 Å². The van der Waals surface area contributed by atoms with E-state index in [1.807, 2.05) is 28.8 Å². The van der Waals surface area contributed by atoms with Crippen molar-refractivity contribution in [1.29, 1.82) is 0 Å². The van der Waals surface area contributed by atoms with Crippen LogP contribution in [0.3, 0.4) is 0 Å². The second kappa shape index (κ2) is 6.00. The fourth-order valence-electron chi connectivity index (χ4n) is 1.92. The predicted molar refractivity (Wildman–Crippen MR) is 80.9 cm³/mol. The van der Waals surface area contributed by atoms with Gasteiger partial charge < -0.3 is 0 Å². The smallest absolute Gasteiger partial charge is 0.116 e. The van der Waals surface area contributed by atoms with Crippen molar-refractivity contribution in [1.82, 2.24) is 15.2 Å². The van der Waals surface area contributed by atoms with E-state index in [9.17, 15) is 0 Å². The molecular formula is C14H17N5S. The van der Waals surface area contributed by atoms with Crippen molar-refractivity contribution >= 4 is 18.0 Å². The van der Waals surface area contributed by atoms with E-state index in [1.165, 1.54) is 17.7 Å². The summed E-state index contributed by atoms with van der Waals surface area (Å²) in [5.41, 5.74) is 2.99. The molecule has 0 bridgehead atoms. The fourth-order valence-corrected chi connectivity index (χ4v) is 2.95. The molecule has 0 radical (unpaired) electrons. The average molecular weight is 287 g/mol. The molecule has 20 heavy (non-hydrogen) atoms. The number of hydrogen-bond donors (Lipinski definition) is 1. The standard InChI is InChI=1S/C14H17N5S/c1-2-3-8-20-13-5-4-12-10-19(17-16-14(12)9-13)18-7-6-15-11-18/h4-7,9-11,17H,2-3,8H2,1H3. The largest absolute Gasteiger partial charge is 0.243 e. The molecule has 2 aromatic rings. The number of hydrogen-bond acceptors (Lipinski definition) is 5. The highest BCUT2D eigenvalue weighted by molar-refractivity contribution is 7.99. The number of benzene rings is 1. The van der Waals surface area contributed by atoms with Crippen LogP contribution in [-0.4, -0.2) is 15.4 Å². The summed E-state index contributed by atoms with van der Waals surface area (Å²) in [4.78, 5) is 5.30. The maximum atomic E-state index is 4.40. The van der Waals surface area contributed by atoms with Gasteiger partial charge in [0.25, 0.3) is 0 Å². The highest BCUT2D eigenvalue weighted by Crippen LogP contribution is 2.16. The average Bonchev–Trinajstić information content (AvgIpc) is 3.01. The molecule has 0 amide bonds. The molecule has 0 aliphatic carbocycles. The second-order valence-corrected chi connectivity index (χ2v) is 5.72. The van der Waals surface area contributed by atoms with Gasteiger partial charge in [0.05, 0.1) is 11.6 Å². The van der Waals surface area contributed by atoms with Crippen LogP contribution in [0.4, 0.5) is 0 Å². The molecular weight excluding hydrogens is 270 g/mol. The van der Waals surface area contributed by atoms with Crippen LogP contribution in [0.2, 0.25) is 0 Å². The first kappa shape index (κ1) is 13.1. The number of thioether (sulfide) groups is 1. The zero-order chi connectivity index (χ0) is 13.8. The van der Waals surface area contributed by atoms with Crippen LogP contribution in [0, 0.1) is 0 Å². The topological polar surface area (TPSA) is 45.5 Å². The Morgan fingerprint density at radius 2 is 2.30 bits per heavy atom. The number of fused-ring (bicyclic) bond motifs is 1. The molecule has 0 spiro atoms. The molecule has 0 atom stereocenters. The lowest BCUT2D eigenvalue weighted by atomic mass is 10.3. The van der Waals surface area contributed by atoms with Crippen LogP contribution in [0.25, 0.3) is 6.20 Å². The van der Waals surface area contributed by atoms with Crippen molar-refractivity contribution in [2.75, 3.05) is 10.9 Å². The third-order valence-electron chi connectivity index (χ3n) is 3.04. The molecule has 1 aliphatic rings. The molecule has 104 valence electrons. The van der Waals surface area contributed by atoms with Crippen LogP contribution in [0.1, 0.15) is 19.8 Å². The second-order valence-electron chi connectivity index (χ2n) is 4.55. The van der Waals surface area contributed by atoms with Crippen molar-refractivity contribution in [2.24, 2.45) is 5.10 Å². The molecule has 0 saturated carbocycles. The Kier molecular flexibility index (Phi) is 3.92. The number of aromatic nitrogens is 2. The highest BCUT2D eigenvalue weighted by atomic mass is 32.2. The number of nitrogens with one attached hydrogen (secondary N) is 1. The molecule has 2 heterocycles. The molecule has 1 aromatic carbocycles. The van der Waals surface area contributed by atoms with E-state index >= 15 is 0 Å². The molecule has 0 saturated heterocycles. The molecule has 0 unspecified atom stereocenters. The first-order chi connectivity index (χ1) is 9.86. The van der Waals surface area contributed by atoms with E-state index in [-0.39, 0.29) is 0 Å². The van der Waals surface area contributed by atoms with Crippen molar-refractivity contribution in [3.8, 4) is 0 Å². The van der Waals surface area contributed by atoms with Crippen molar-refractivity contribution in [3.05, 3.63) is 47.5 Å². The van der Waals surface area contributed by atoms with Gasteiger partial charge in [-0.25, -0.2) is 9.66 Å². The summed E-state index contributed by atoms with van der Waals surface area (Å²) in [7, 11) is 0. The van der Waals surface area contributed by atoms with E-state index < -0.39 is 0 Å². The quantitative estimate of drug-likeness (QED) is 0.663. The number of nitrogens with zero attached hydrogens (tertiary/aromatic N) is 4. The maximum absolute atomic E-state index is 4.40. The van der Waals surface area contributed by atoms with E-state index in [1.54, 1.807) is 17.6 Å². The van der Waals surface area contributed by atoms with Crippen LogP contribution < -0.4 is 21.2 Å². The van der Waals surface area contributed by atoms with Crippen molar-refractivity contribution in [3.63, 3.8) is 0 Å². The first-order valence-electron chi connectivity index (χ1n) is 6.72. The summed E-state index contributed by atoms with van der Waals surface area (Å²) < 4.78 is 1.83. The van der Waals surface area contributed by atoms with Gasteiger partial charge in [0.2, 0.25) is 0 Å². The van der Waals surface area contributed by atoms with Gasteiger partial charge in [-0.3, -0.25) is 0 Å². The van der Waals surface area contributed by atoms with Crippen LogP contribution in [0.5, 0.6) is 0 Å². The normalized spacial score (nSPS) is 13.2. The van der Waals surface area contributed by atoms with Crippen LogP contribution in [-0.2, 0) is 0 Å². The third kappa shape index (κ3) is 2.80. The van der Waals surface area contributed by atoms with Crippen molar-refractivity contribution in [2.45, 2.75) is 24.7 Å². The van der Waals surface area contributed by atoms with Gasteiger partial charge in [-0.1, -0.05) is 19.4 Å². The number of imidazole rings is 1. The predicted octanol–water partition coefficient (Wildman–Crippen LogP) is 1.20. The molecule has 3 rings (SSSR count). The monoisotopic (exact) mass is 287 g/mol. The minimum absolute atomic E-state index is 0.975. The Hall–Kier alpha value is -1.95. The Bertz CT molecular complexity index is 680. The third-order valence-corrected chi connectivity index (χ3v) is 4.12. The minimum atomic E-state index is 0.975. The molecule has 0 fully saturated rings. The van der Waals surface area contributed by atoms with Gasteiger partial charge in [-0.2, -0.15) is 15.8 Å². The van der Waals surface area contributed by atoms with E-state index in [4.69, 9.17) is 0 Å². The SMILES string of the molecule is CCCCSc1ccc2c(c1)=NNN(n1ccnc1)C=2. The summed E-state index contributed by atoms with van der Waals surface area (Å²) in [6.45, 7) is 2.21. The number of unbranched alkanes of at least 4 members (excludes halogenated alkanes) is 1. The summed E-state index contributed by atoms with van der Waals surface area (Å²) in [6, 6.07) is 6.39. The summed E-state index contributed by atoms with van der Waals surface area (Å²) in [6.07, 6.45) is 9.80. The Balaban J connectivity index is 1.82. The van der Waals surface area contributed by atoms with E-state index in [2.05, 4.69) is 40.7 Å². The maximum Gasteiger partial charge on any atom is 0.116 e. The summed E-state index contributed by atoms with van der Waals surface area (Å²) in [5, 5.41) is 8.26. The van der Waals surface area contributed by atoms with Gasteiger partial charge in [-0.15, -0.1) is 11.8 Å². The van der Waals surface area contributed by atoms with Gasteiger partial charge in [-0.05, 0) is 24.3 Å². The molecule has 1 aromatic heterocycles. The highest BCUT2D eigenvalue weighted by Gasteiger charge is 2.05. The van der Waals surface area contributed by atoms with Crippen molar-refractivity contribution < 1.29 is 0 Å². The lowest BCUT2D eigenvalue weighted by Crippen LogP contribution is -2.47. The number of rotatable bonds is 5. The molecule has 1 N–H and O–H groups in total. The van der Waals surface area contributed by atoms with E-state index in [0.29, 0.717) is 0 Å². The lowest BCUT2D eigenvalue weighted by molar-refractivity contribution is 0.572. The summed E-state index contributed by atoms with van der Waals surface area (Å²) in [5.74, 6) is 1.16. The minimum Gasteiger partial charge on any atom is -0.243 e. The van der Waals surface area contributed by atoms with E-state index in [0.717, 1.165) is 16.3 Å². The van der Waals surface area contributed by atoms with Gasteiger partial charge in [0.15, 0.2) is 0 Å². The lowest BCUT2D eigenvalue weighted by Gasteiger charge is -2.21. The molecule has 6 heteroatoms. The number of hydrazine groups is 1.